The molecule has 2 aromatic rings. The fourth-order valence-electron chi connectivity index (χ4n) is 4.17. The van der Waals surface area contributed by atoms with Crippen LogP contribution in [0.2, 0.25) is 5.02 Å². The molecule has 2 amide bonds. The van der Waals surface area contributed by atoms with Crippen molar-refractivity contribution in [1.29, 1.82) is 0 Å². The first kappa shape index (κ1) is 24.3. The van der Waals surface area contributed by atoms with E-state index >= 15 is 0 Å². The number of nitrogens with one attached hydrogen (secondary N) is 1. The van der Waals surface area contributed by atoms with Gasteiger partial charge in [0.15, 0.2) is 0 Å². The van der Waals surface area contributed by atoms with Gasteiger partial charge < -0.3 is 10.2 Å². The first-order valence-corrected chi connectivity index (χ1v) is 12.1. The van der Waals surface area contributed by atoms with Crippen LogP contribution in [0.3, 0.4) is 0 Å². The molecule has 1 atom stereocenters. The van der Waals surface area contributed by atoms with Crippen LogP contribution in [-0.4, -0.2) is 29.8 Å². The summed E-state index contributed by atoms with van der Waals surface area (Å²) in [5.74, 6) is 0.113. The van der Waals surface area contributed by atoms with E-state index in [0.717, 1.165) is 24.8 Å². The van der Waals surface area contributed by atoms with E-state index in [1.165, 1.54) is 16.2 Å². The van der Waals surface area contributed by atoms with Gasteiger partial charge in [-0.3, -0.25) is 9.59 Å². The predicted molar refractivity (Wildman–Crippen MR) is 135 cm³/mol. The zero-order chi connectivity index (χ0) is 23.5. The fraction of sp³-hybridized carbons (Fsp3) is 0.385. The van der Waals surface area contributed by atoms with Crippen molar-refractivity contribution in [2.45, 2.75) is 40.0 Å². The summed E-state index contributed by atoms with van der Waals surface area (Å²) in [7, 11) is 0. The minimum atomic E-state index is -0.311. The minimum absolute atomic E-state index is 0.106. The maximum Gasteiger partial charge on any atom is 0.257 e. The van der Waals surface area contributed by atoms with Crippen LogP contribution in [0.4, 0.5) is 5.00 Å². The fourth-order valence-corrected chi connectivity index (χ4v) is 5.70. The van der Waals surface area contributed by atoms with Crippen molar-refractivity contribution in [3.63, 3.8) is 0 Å². The quantitative estimate of drug-likeness (QED) is 0.462. The monoisotopic (exact) mass is 470 g/mol. The van der Waals surface area contributed by atoms with Crippen LogP contribution in [-0.2, 0) is 12.8 Å². The third-order valence-corrected chi connectivity index (χ3v) is 7.53. The van der Waals surface area contributed by atoms with Gasteiger partial charge in [0.05, 0.1) is 16.1 Å². The number of carbonyl (C=O) groups is 2. The predicted octanol–water partition coefficient (Wildman–Crippen LogP) is 6.62. The second kappa shape index (κ2) is 10.1. The average molecular weight is 471 g/mol. The van der Waals surface area contributed by atoms with E-state index in [2.05, 4.69) is 39.2 Å². The van der Waals surface area contributed by atoms with Gasteiger partial charge in [0.1, 0.15) is 5.00 Å². The summed E-state index contributed by atoms with van der Waals surface area (Å²) in [5.41, 5.74) is 2.24. The van der Waals surface area contributed by atoms with Crippen LogP contribution < -0.4 is 5.32 Å². The number of amides is 2. The molecule has 1 heterocycles. The normalized spacial score (nSPS) is 15.6. The summed E-state index contributed by atoms with van der Waals surface area (Å²) in [6.45, 7) is 15.2. The van der Waals surface area contributed by atoms with Crippen molar-refractivity contribution in [3.05, 3.63) is 76.2 Å². The van der Waals surface area contributed by atoms with Crippen molar-refractivity contribution >= 4 is 39.8 Å². The Balaban J connectivity index is 2.03. The molecule has 0 radical (unpaired) electrons. The highest BCUT2D eigenvalue weighted by molar-refractivity contribution is 7.17. The van der Waals surface area contributed by atoms with Crippen LogP contribution in [0.15, 0.2) is 49.6 Å². The molecule has 1 aromatic heterocycles. The zero-order valence-electron chi connectivity index (χ0n) is 19.0. The maximum absolute atomic E-state index is 13.6. The molecule has 4 nitrogen and oxygen atoms in total. The Morgan fingerprint density at radius 2 is 1.88 bits per heavy atom. The third kappa shape index (κ3) is 5.16. The first-order chi connectivity index (χ1) is 15.2. The lowest BCUT2D eigenvalue weighted by Gasteiger charge is -2.34. The molecule has 3 rings (SSSR count). The molecule has 0 saturated carbocycles. The molecule has 6 heteroatoms. The highest BCUT2D eigenvalue weighted by atomic mass is 35.5. The number of hydrogen-bond acceptors (Lipinski definition) is 3. The maximum atomic E-state index is 13.6. The molecule has 0 spiro atoms. The Kier molecular flexibility index (Phi) is 7.63. The summed E-state index contributed by atoms with van der Waals surface area (Å²) in [5, 5.41) is 3.97. The van der Waals surface area contributed by atoms with Crippen LogP contribution in [0, 0.1) is 11.3 Å². The van der Waals surface area contributed by atoms with Crippen molar-refractivity contribution in [1.82, 2.24) is 4.90 Å². The Bertz CT molecular complexity index is 1020. The van der Waals surface area contributed by atoms with Crippen molar-refractivity contribution in [2.24, 2.45) is 11.3 Å². The standard InChI is InChI=1S/C26H31ClN2O2S/c1-6-14-29(15-7-2)25(31)22-19-13-12-17(26(3,4)5)16-21(19)32-24(22)28-23(30)18-10-8-9-11-20(18)27/h6-11,17H,1-2,12-16H2,3-5H3,(H,28,30)/t17-/m1/s1. The number of nitrogens with zero attached hydrogens (tertiary/aromatic N) is 1. The van der Waals surface area contributed by atoms with E-state index in [0.29, 0.717) is 40.2 Å². The molecule has 1 aliphatic rings. The van der Waals surface area contributed by atoms with Gasteiger partial charge in [0.2, 0.25) is 0 Å². The molecule has 0 aliphatic heterocycles. The number of halogens is 1. The summed E-state index contributed by atoms with van der Waals surface area (Å²) >= 11 is 7.75. The third-order valence-electron chi connectivity index (χ3n) is 6.04. The number of rotatable bonds is 7. The molecule has 0 unspecified atom stereocenters. The topological polar surface area (TPSA) is 49.4 Å². The summed E-state index contributed by atoms with van der Waals surface area (Å²) in [4.78, 5) is 29.5. The number of thiophene rings is 1. The largest absolute Gasteiger partial charge is 0.331 e. The second-order valence-corrected chi connectivity index (χ2v) is 10.7. The molecular weight excluding hydrogens is 440 g/mol. The van der Waals surface area contributed by atoms with Crippen LogP contribution >= 0.6 is 22.9 Å². The molecule has 170 valence electrons. The highest BCUT2D eigenvalue weighted by Crippen LogP contribution is 2.44. The first-order valence-electron chi connectivity index (χ1n) is 10.9. The van der Waals surface area contributed by atoms with Gasteiger partial charge in [-0.1, -0.05) is 56.7 Å². The van der Waals surface area contributed by atoms with Gasteiger partial charge in [-0.25, -0.2) is 0 Å². The number of benzene rings is 1. The van der Waals surface area contributed by atoms with Crippen LogP contribution in [0.5, 0.6) is 0 Å². The average Bonchev–Trinajstić information content (AvgIpc) is 3.09. The Morgan fingerprint density at radius 1 is 1.22 bits per heavy atom. The Morgan fingerprint density at radius 3 is 2.47 bits per heavy atom. The highest BCUT2D eigenvalue weighted by Gasteiger charge is 2.35. The van der Waals surface area contributed by atoms with E-state index in [1.807, 2.05) is 0 Å². The summed E-state index contributed by atoms with van der Waals surface area (Å²) in [6, 6.07) is 6.93. The number of hydrogen-bond donors (Lipinski definition) is 1. The molecule has 0 saturated heterocycles. The van der Waals surface area contributed by atoms with Crippen molar-refractivity contribution in [3.8, 4) is 0 Å². The van der Waals surface area contributed by atoms with Crippen molar-refractivity contribution < 1.29 is 9.59 Å². The van der Waals surface area contributed by atoms with E-state index < -0.39 is 0 Å². The number of anilines is 1. The Hall–Kier alpha value is -2.37. The minimum Gasteiger partial charge on any atom is -0.331 e. The summed E-state index contributed by atoms with van der Waals surface area (Å²) in [6.07, 6.45) is 6.17. The lowest BCUT2D eigenvalue weighted by molar-refractivity contribution is 0.0790. The SMILES string of the molecule is C=CCN(CC=C)C(=O)c1c(NC(=O)c2ccccc2Cl)sc2c1CC[C@@H](C(C)(C)C)C2. The lowest BCUT2D eigenvalue weighted by Crippen LogP contribution is -2.33. The van der Waals surface area contributed by atoms with Gasteiger partial charge >= 0.3 is 0 Å². The number of carbonyl (C=O) groups excluding carboxylic acids is 2. The van der Waals surface area contributed by atoms with Gasteiger partial charge in [-0.05, 0) is 48.3 Å². The summed E-state index contributed by atoms with van der Waals surface area (Å²) < 4.78 is 0. The number of fused-ring (bicyclic) bond motifs is 1. The van der Waals surface area contributed by atoms with Crippen LogP contribution in [0.25, 0.3) is 0 Å². The molecule has 0 bridgehead atoms. The van der Waals surface area contributed by atoms with Gasteiger partial charge in [0, 0.05) is 18.0 Å². The molecule has 32 heavy (non-hydrogen) atoms. The van der Waals surface area contributed by atoms with Crippen molar-refractivity contribution in [2.75, 3.05) is 18.4 Å². The zero-order valence-corrected chi connectivity index (χ0v) is 20.6. The molecule has 1 aromatic carbocycles. The second-order valence-electron chi connectivity index (χ2n) is 9.24. The molecule has 1 N–H and O–H groups in total. The van der Waals surface area contributed by atoms with E-state index in [9.17, 15) is 9.59 Å². The molecule has 0 fully saturated rings. The van der Waals surface area contributed by atoms with Gasteiger partial charge in [-0.2, -0.15) is 0 Å². The smallest absolute Gasteiger partial charge is 0.257 e. The Labute approximate surface area is 200 Å². The molecular formula is C26H31ClN2O2S. The van der Waals surface area contributed by atoms with Gasteiger partial charge in [-0.15, -0.1) is 24.5 Å². The van der Waals surface area contributed by atoms with Crippen LogP contribution in [0.1, 0.15) is 58.3 Å². The van der Waals surface area contributed by atoms with E-state index in [1.54, 1.807) is 41.3 Å². The van der Waals surface area contributed by atoms with Gasteiger partial charge in [0.25, 0.3) is 11.8 Å². The van der Waals surface area contributed by atoms with E-state index in [-0.39, 0.29) is 17.2 Å². The lowest BCUT2D eigenvalue weighted by atomic mass is 9.72. The van der Waals surface area contributed by atoms with E-state index in [4.69, 9.17) is 11.6 Å². The molecule has 1 aliphatic carbocycles.